The molecule has 1 aromatic carbocycles. The molecule has 0 saturated heterocycles. The zero-order chi connectivity index (χ0) is 14.0. The van der Waals surface area contributed by atoms with Crippen molar-refractivity contribution in [3.8, 4) is 0 Å². The van der Waals surface area contributed by atoms with Gasteiger partial charge in [0.1, 0.15) is 5.69 Å². The minimum absolute atomic E-state index is 0.177. The van der Waals surface area contributed by atoms with Crippen LogP contribution in [0.5, 0.6) is 0 Å². The summed E-state index contributed by atoms with van der Waals surface area (Å²) in [4.78, 5) is 11.8. The first-order valence-electron chi connectivity index (χ1n) is 5.79. The molecule has 0 amide bonds. The van der Waals surface area contributed by atoms with Crippen LogP contribution in [0.2, 0.25) is 0 Å². The number of H-pyrrole nitrogens is 1. The molecule has 98 valence electrons. The molecular formula is C13H14N4OS. The van der Waals surface area contributed by atoms with Gasteiger partial charge in [-0.2, -0.15) is 14.9 Å². The number of nitrogens with zero attached hydrogens (tertiary/aromatic N) is 3. The van der Waals surface area contributed by atoms with Gasteiger partial charge in [-0.3, -0.25) is 9.89 Å². The summed E-state index contributed by atoms with van der Waals surface area (Å²) >= 11 is 5.00. The van der Waals surface area contributed by atoms with Crippen molar-refractivity contribution in [1.29, 1.82) is 0 Å². The molecule has 0 radical (unpaired) electrons. The van der Waals surface area contributed by atoms with Crippen molar-refractivity contribution >= 4 is 18.4 Å². The van der Waals surface area contributed by atoms with Crippen LogP contribution in [0.4, 0.5) is 0 Å². The van der Waals surface area contributed by atoms with Crippen LogP contribution in [0.25, 0.3) is 0 Å². The molecule has 0 spiro atoms. The summed E-state index contributed by atoms with van der Waals surface area (Å²) in [5.41, 5.74) is 3.24. The molecule has 19 heavy (non-hydrogen) atoms. The van der Waals surface area contributed by atoms with E-state index in [1.165, 1.54) is 5.56 Å². The lowest BCUT2D eigenvalue weighted by Crippen LogP contribution is -2.22. The van der Waals surface area contributed by atoms with Crippen LogP contribution in [0.1, 0.15) is 22.4 Å². The Morgan fingerprint density at radius 2 is 2.11 bits per heavy atom. The van der Waals surface area contributed by atoms with E-state index in [9.17, 15) is 4.79 Å². The van der Waals surface area contributed by atoms with E-state index in [1.54, 1.807) is 13.1 Å². The highest BCUT2D eigenvalue weighted by atomic mass is 32.1. The van der Waals surface area contributed by atoms with Crippen molar-refractivity contribution < 1.29 is 0 Å². The SMILES string of the molecule is Cc1ccc(C=Nn2c(=S)[nH]nc(C)c2=O)c(C)c1. The van der Waals surface area contributed by atoms with Crippen LogP contribution in [0, 0.1) is 25.5 Å². The third-order valence-electron chi connectivity index (χ3n) is 2.75. The van der Waals surface area contributed by atoms with Crippen molar-refractivity contribution in [2.45, 2.75) is 20.8 Å². The molecule has 0 fully saturated rings. The molecule has 0 atom stereocenters. The molecule has 0 aliphatic rings. The summed E-state index contributed by atoms with van der Waals surface area (Å²) in [6.07, 6.45) is 1.62. The van der Waals surface area contributed by atoms with Crippen molar-refractivity contribution in [3.63, 3.8) is 0 Å². The maximum Gasteiger partial charge on any atom is 0.296 e. The van der Waals surface area contributed by atoms with E-state index in [-0.39, 0.29) is 10.3 Å². The van der Waals surface area contributed by atoms with Gasteiger partial charge in [0.05, 0.1) is 6.21 Å². The molecular weight excluding hydrogens is 260 g/mol. The second-order valence-corrected chi connectivity index (χ2v) is 4.72. The molecule has 0 aliphatic heterocycles. The molecule has 6 heteroatoms. The van der Waals surface area contributed by atoms with Gasteiger partial charge in [0.15, 0.2) is 0 Å². The van der Waals surface area contributed by atoms with Gasteiger partial charge in [-0.05, 0) is 44.1 Å². The van der Waals surface area contributed by atoms with Crippen molar-refractivity contribution in [2.24, 2.45) is 5.10 Å². The number of rotatable bonds is 2. The number of hydrogen-bond donors (Lipinski definition) is 1. The first kappa shape index (κ1) is 13.4. The van der Waals surface area contributed by atoms with Gasteiger partial charge < -0.3 is 0 Å². The lowest BCUT2D eigenvalue weighted by molar-refractivity contribution is 0.720. The molecule has 1 heterocycles. The predicted octanol–water partition coefficient (Wildman–Crippen LogP) is 2.11. The van der Waals surface area contributed by atoms with Gasteiger partial charge in [-0.25, -0.2) is 0 Å². The molecule has 0 bridgehead atoms. The maximum atomic E-state index is 11.8. The molecule has 1 N–H and O–H groups in total. The number of aryl methyl sites for hydroxylation is 3. The standard InChI is InChI=1S/C13H14N4OS/c1-8-4-5-11(9(2)6-8)7-14-17-12(18)10(3)15-16-13(17)19/h4-7H,1-3H3,(H,16,19). The Bertz CT molecular complexity index is 758. The van der Waals surface area contributed by atoms with Gasteiger partial charge in [0, 0.05) is 0 Å². The third kappa shape index (κ3) is 2.85. The second kappa shape index (κ2) is 5.27. The van der Waals surface area contributed by atoms with Gasteiger partial charge >= 0.3 is 0 Å². The maximum absolute atomic E-state index is 11.8. The van der Waals surface area contributed by atoms with E-state index < -0.39 is 0 Å². The third-order valence-corrected chi connectivity index (χ3v) is 3.02. The van der Waals surface area contributed by atoms with Crippen molar-refractivity contribution in [1.82, 2.24) is 14.9 Å². The van der Waals surface area contributed by atoms with E-state index in [2.05, 4.69) is 21.4 Å². The fourth-order valence-corrected chi connectivity index (χ4v) is 1.84. The van der Waals surface area contributed by atoms with E-state index in [0.29, 0.717) is 5.69 Å². The van der Waals surface area contributed by atoms with Crippen LogP contribution in [0.3, 0.4) is 0 Å². The minimum Gasteiger partial charge on any atom is -0.265 e. The lowest BCUT2D eigenvalue weighted by atomic mass is 10.1. The molecule has 1 aromatic heterocycles. The van der Waals surface area contributed by atoms with E-state index in [1.807, 2.05) is 26.0 Å². The highest BCUT2D eigenvalue weighted by Gasteiger charge is 2.01. The van der Waals surface area contributed by atoms with Crippen LogP contribution in [0.15, 0.2) is 28.1 Å². The van der Waals surface area contributed by atoms with Crippen molar-refractivity contribution in [2.75, 3.05) is 0 Å². The number of benzene rings is 1. The van der Waals surface area contributed by atoms with Crippen LogP contribution >= 0.6 is 12.2 Å². The molecule has 2 aromatic rings. The number of aromatic nitrogens is 3. The van der Waals surface area contributed by atoms with Crippen molar-refractivity contribution in [3.05, 3.63) is 55.7 Å². The Kier molecular flexibility index (Phi) is 3.71. The molecule has 0 unspecified atom stereocenters. The van der Waals surface area contributed by atoms with E-state index >= 15 is 0 Å². The lowest BCUT2D eigenvalue weighted by Gasteiger charge is -2.02. The van der Waals surface area contributed by atoms with E-state index in [0.717, 1.165) is 15.8 Å². The number of aromatic amines is 1. The summed E-state index contributed by atoms with van der Waals surface area (Å²) in [6, 6.07) is 6.01. The fraction of sp³-hybridized carbons (Fsp3) is 0.231. The number of hydrogen-bond acceptors (Lipinski definition) is 4. The molecule has 5 nitrogen and oxygen atoms in total. The minimum atomic E-state index is -0.315. The monoisotopic (exact) mass is 274 g/mol. The van der Waals surface area contributed by atoms with Crippen LogP contribution < -0.4 is 5.56 Å². The quantitative estimate of drug-likeness (QED) is 0.674. The first-order valence-corrected chi connectivity index (χ1v) is 6.20. The Morgan fingerprint density at radius 3 is 2.79 bits per heavy atom. The average molecular weight is 274 g/mol. The first-order chi connectivity index (χ1) is 8.99. The Balaban J connectivity index is 2.47. The summed E-state index contributed by atoms with van der Waals surface area (Å²) in [6.45, 7) is 5.63. The number of nitrogens with one attached hydrogen (secondary N) is 1. The molecule has 2 rings (SSSR count). The average Bonchev–Trinajstić information content (AvgIpc) is 2.36. The summed E-state index contributed by atoms with van der Waals surface area (Å²) < 4.78 is 1.31. The summed E-state index contributed by atoms with van der Waals surface area (Å²) in [5.74, 6) is 0. The van der Waals surface area contributed by atoms with Crippen LogP contribution in [-0.4, -0.2) is 21.1 Å². The second-order valence-electron chi connectivity index (χ2n) is 4.34. The highest BCUT2D eigenvalue weighted by Crippen LogP contribution is 2.08. The zero-order valence-corrected chi connectivity index (χ0v) is 11.8. The predicted molar refractivity (Wildman–Crippen MR) is 77.3 cm³/mol. The smallest absolute Gasteiger partial charge is 0.265 e. The van der Waals surface area contributed by atoms with E-state index in [4.69, 9.17) is 12.2 Å². The van der Waals surface area contributed by atoms with Gasteiger partial charge in [0.25, 0.3) is 5.56 Å². The highest BCUT2D eigenvalue weighted by molar-refractivity contribution is 7.71. The topological polar surface area (TPSA) is 63.0 Å². The van der Waals surface area contributed by atoms with Gasteiger partial charge in [-0.15, -0.1) is 0 Å². The summed E-state index contributed by atoms with van der Waals surface area (Å²) in [5, 5.41) is 10.5. The Morgan fingerprint density at radius 1 is 1.37 bits per heavy atom. The normalized spacial score (nSPS) is 11.1. The largest absolute Gasteiger partial charge is 0.296 e. The Hall–Kier alpha value is -2.08. The zero-order valence-electron chi connectivity index (χ0n) is 11.0. The van der Waals surface area contributed by atoms with Gasteiger partial charge in [0.2, 0.25) is 4.77 Å². The Labute approximate surface area is 115 Å². The molecule has 0 saturated carbocycles. The fourth-order valence-electron chi connectivity index (χ4n) is 1.67. The summed E-state index contributed by atoms with van der Waals surface area (Å²) in [7, 11) is 0. The van der Waals surface area contributed by atoms with Gasteiger partial charge in [-0.1, -0.05) is 23.8 Å². The molecule has 0 aliphatic carbocycles. The van der Waals surface area contributed by atoms with Crippen LogP contribution in [-0.2, 0) is 0 Å².